The van der Waals surface area contributed by atoms with Gasteiger partial charge in [-0.2, -0.15) is 0 Å². The van der Waals surface area contributed by atoms with Gasteiger partial charge in [0.05, 0.1) is 20.7 Å². The average molecular weight is 319 g/mol. The van der Waals surface area contributed by atoms with Gasteiger partial charge >= 0.3 is 5.97 Å². The van der Waals surface area contributed by atoms with Gasteiger partial charge in [0.15, 0.2) is 9.84 Å². The van der Waals surface area contributed by atoms with E-state index in [2.05, 4.69) is 0 Å². The zero-order chi connectivity index (χ0) is 14.9. The summed E-state index contributed by atoms with van der Waals surface area (Å²) in [6, 6.07) is 2.97. The number of allylic oxidation sites excluding steroid dienone is 1. The highest BCUT2D eigenvalue weighted by molar-refractivity contribution is 7.92. The third kappa shape index (κ3) is 2.71. The molecule has 1 aromatic rings. The molecular weight excluding hydrogens is 307 g/mol. The Balaban J connectivity index is 2.51. The largest absolute Gasteiger partial charge is 0.478 e. The fourth-order valence-electron chi connectivity index (χ4n) is 2.25. The zero-order valence-electron chi connectivity index (χ0n) is 10.3. The van der Waals surface area contributed by atoms with Gasteiger partial charge < -0.3 is 5.11 Å². The third-order valence-electron chi connectivity index (χ3n) is 3.20. The fourth-order valence-corrected chi connectivity index (χ4v) is 4.65. The highest BCUT2D eigenvalue weighted by Crippen LogP contribution is 2.33. The van der Waals surface area contributed by atoms with E-state index >= 15 is 0 Å². The first-order valence-electron chi connectivity index (χ1n) is 5.96. The van der Waals surface area contributed by atoms with Gasteiger partial charge in [0.2, 0.25) is 0 Å². The van der Waals surface area contributed by atoms with Crippen LogP contribution < -0.4 is 0 Å². The van der Waals surface area contributed by atoms with Gasteiger partial charge in [-0.15, -0.1) is 0 Å². The first-order chi connectivity index (χ1) is 9.34. The van der Waals surface area contributed by atoms with E-state index in [1.54, 1.807) is 0 Å². The summed E-state index contributed by atoms with van der Waals surface area (Å²) in [5.74, 6) is -1.90. The van der Waals surface area contributed by atoms with Crippen LogP contribution in [0, 0.1) is 5.82 Å². The van der Waals surface area contributed by atoms with Gasteiger partial charge in [0, 0.05) is 0 Å². The Hall–Kier alpha value is -1.40. The Bertz CT molecular complexity index is 682. The Morgan fingerprint density at radius 3 is 2.70 bits per heavy atom. The molecule has 1 aromatic carbocycles. The van der Waals surface area contributed by atoms with Crippen molar-refractivity contribution in [3.8, 4) is 0 Å². The Labute approximate surface area is 120 Å². The second-order valence-electron chi connectivity index (χ2n) is 4.50. The highest BCUT2D eigenvalue weighted by Gasteiger charge is 2.36. The summed E-state index contributed by atoms with van der Waals surface area (Å²) in [6.07, 6.45) is 2.75. The summed E-state index contributed by atoms with van der Waals surface area (Å²) >= 11 is 5.77. The van der Waals surface area contributed by atoms with Crippen LogP contribution in [-0.4, -0.2) is 24.7 Å². The number of sulfone groups is 1. The summed E-state index contributed by atoms with van der Waals surface area (Å²) in [6.45, 7) is 0. The van der Waals surface area contributed by atoms with Crippen molar-refractivity contribution in [3.63, 3.8) is 0 Å². The number of carboxylic acid groups (broad SMARTS) is 1. The molecule has 0 amide bonds. The molecule has 0 aromatic heterocycles. The van der Waals surface area contributed by atoms with Crippen LogP contribution in [0.2, 0.25) is 5.02 Å². The smallest absolute Gasteiger partial charge is 0.332 e. The van der Waals surface area contributed by atoms with Crippen molar-refractivity contribution in [1.82, 2.24) is 0 Å². The van der Waals surface area contributed by atoms with E-state index in [4.69, 9.17) is 16.7 Å². The summed E-state index contributed by atoms with van der Waals surface area (Å²) in [7, 11) is -3.95. The third-order valence-corrected chi connectivity index (χ3v) is 5.84. The number of benzene rings is 1. The van der Waals surface area contributed by atoms with Gasteiger partial charge in [-0.1, -0.05) is 17.7 Å². The van der Waals surface area contributed by atoms with E-state index in [9.17, 15) is 17.6 Å². The van der Waals surface area contributed by atoms with Crippen LogP contribution >= 0.6 is 11.6 Å². The van der Waals surface area contributed by atoms with E-state index in [0.29, 0.717) is 12.8 Å². The highest BCUT2D eigenvalue weighted by atomic mass is 35.5. The topological polar surface area (TPSA) is 71.4 Å². The van der Waals surface area contributed by atoms with Crippen molar-refractivity contribution in [1.29, 1.82) is 0 Å². The first-order valence-corrected chi connectivity index (χ1v) is 7.89. The summed E-state index contributed by atoms with van der Waals surface area (Å²) < 4.78 is 38.0. The molecule has 0 spiro atoms. The van der Waals surface area contributed by atoms with Gasteiger partial charge in [-0.3, -0.25) is 0 Å². The van der Waals surface area contributed by atoms with E-state index < -0.39 is 26.9 Å². The van der Waals surface area contributed by atoms with Crippen molar-refractivity contribution in [2.75, 3.05) is 0 Å². The zero-order valence-corrected chi connectivity index (χ0v) is 11.9. The lowest BCUT2D eigenvalue weighted by Gasteiger charge is -2.22. The fraction of sp³-hybridized carbons (Fsp3) is 0.308. The van der Waals surface area contributed by atoms with E-state index in [-0.39, 0.29) is 21.9 Å². The number of carboxylic acids is 1. The van der Waals surface area contributed by atoms with Crippen LogP contribution in [0.1, 0.15) is 19.3 Å². The average Bonchev–Trinajstić information content (AvgIpc) is 2.38. The quantitative estimate of drug-likeness (QED) is 0.870. The number of halogens is 2. The molecule has 0 saturated carbocycles. The van der Waals surface area contributed by atoms with E-state index in [0.717, 1.165) is 18.2 Å². The molecule has 1 aliphatic carbocycles. The second kappa shape index (κ2) is 5.54. The molecule has 4 nitrogen and oxygen atoms in total. The van der Waals surface area contributed by atoms with Gasteiger partial charge in [0.1, 0.15) is 5.82 Å². The monoisotopic (exact) mass is 318 g/mol. The molecule has 1 aliphatic rings. The number of aliphatic carboxylic acids is 1. The molecule has 0 radical (unpaired) electrons. The maximum absolute atomic E-state index is 13.0. The van der Waals surface area contributed by atoms with Crippen molar-refractivity contribution < 1.29 is 22.7 Å². The maximum Gasteiger partial charge on any atom is 0.332 e. The molecule has 7 heteroatoms. The van der Waals surface area contributed by atoms with Crippen LogP contribution in [0.3, 0.4) is 0 Å². The minimum Gasteiger partial charge on any atom is -0.478 e. The lowest BCUT2D eigenvalue weighted by atomic mass is 9.99. The molecule has 2 rings (SSSR count). The number of hydrogen-bond acceptors (Lipinski definition) is 3. The molecule has 0 bridgehead atoms. The summed E-state index contributed by atoms with van der Waals surface area (Å²) in [4.78, 5) is 10.9. The number of carbonyl (C=O) groups is 1. The molecule has 0 saturated heterocycles. The molecule has 0 aliphatic heterocycles. The summed E-state index contributed by atoms with van der Waals surface area (Å²) in [5, 5.41) is 7.73. The lowest BCUT2D eigenvalue weighted by molar-refractivity contribution is -0.132. The van der Waals surface area contributed by atoms with Gasteiger partial charge in [-0.25, -0.2) is 17.6 Å². The predicted octanol–water partition coefficient (Wildman–Crippen LogP) is 2.82. The molecule has 1 atom stereocenters. The molecule has 1 N–H and O–H groups in total. The van der Waals surface area contributed by atoms with Crippen LogP contribution in [-0.2, 0) is 14.6 Å². The minimum absolute atomic E-state index is 0.142. The van der Waals surface area contributed by atoms with Crippen LogP contribution in [0.5, 0.6) is 0 Å². The Morgan fingerprint density at radius 1 is 1.40 bits per heavy atom. The lowest BCUT2D eigenvalue weighted by Crippen LogP contribution is -2.30. The molecule has 108 valence electrons. The SMILES string of the molecule is O=C(O)C1=CCCC[C@H]1S(=O)(=O)c1ccc(F)cc1Cl. The van der Waals surface area contributed by atoms with E-state index in [1.165, 1.54) is 6.08 Å². The van der Waals surface area contributed by atoms with Gasteiger partial charge in [0.25, 0.3) is 0 Å². The van der Waals surface area contributed by atoms with Crippen LogP contribution in [0.25, 0.3) is 0 Å². The first kappa shape index (κ1) is 15.0. The minimum atomic E-state index is -3.95. The predicted molar refractivity (Wildman–Crippen MR) is 72.0 cm³/mol. The number of hydrogen-bond donors (Lipinski definition) is 1. The van der Waals surface area contributed by atoms with Crippen LogP contribution in [0.4, 0.5) is 4.39 Å². The summed E-state index contributed by atoms with van der Waals surface area (Å²) in [5.41, 5.74) is -0.142. The standard InChI is InChI=1S/C13H12ClFO4S/c14-10-7-8(15)5-6-12(10)20(18,19)11-4-2-1-3-9(11)13(16)17/h3,5-7,11H,1-2,4H2,(H,16,17)/t11-/m1/s1. The molecule has 0 fully saturated rings. The number of rotatable bonds is 3. The molecular formula is C13H12ClFO4S. The normalized spacial score (nSPS) is 19.5. The van der Waals surface area contributed by atoms with Crippen molar-refractivity contribution in [2.24, 2.45) is 0 Å². The molecule has 0 unspecified atom stereocenters. The van der Waals surface area contributed by atoms with Gasteiger partial charge in [-0.05, 0) is 37.5 Å². The van der Waals surface area contributed by atoms with E-state index in [1.807, 2.05) is 0 Å². The van der Waals surface area contributed by atoms with Crippen LogP contribution in [0.15, 0.2) is 34.7 Å². The molecule has 20 heavy (non-hydrogen) atoms. The van der Waals surface area contributed by atoms with Crippen molar-refractivity contribution in [2.45, 2.75) is 29.4 Å². The second-order valence-corrected chi connectivity index (χ2v) is 7.01. The Morgan fingerprint density at radius 2 is 2.10 bits per heavy atom. The van der Waals surface area contributed by atoms with Crippen molar-refractivity contribution in [3.05, 3.63) is 40.7 Å². The molecule has 0 heterocycles. The maximum atomic E-state index is 13.0. The Kier molecular flexibility index (Phi) is 4.15. The van der Waals surface area contributed by atoms with Crippen molar-refractivity contribution >= 4 is 27.4 Å².